The molecule has 2 aromatic rings. The molecule has 0 spiro atoms. The number of nitro groups is 1. The zero-order valence-electron chi connectivity index (χ0n) is 13.6. The summed E-state index contributed by atoms with van der Waals surface area (Å²) in [5.74, 6) is 0.149. The summed E-state index contributed by atoms with van der Waals surface area (Å²) >= 11 is 0. The van der Waals surface area contributed by atoms with Gasteiger partial charge in [0.25, 0.3) is 11.6 Å². The number of hydrogen-bond donors (Lipinski definition) is 1. The van der Waals surface area contributed by atoms with Crippen LogP contribution in [0.2, 0.25) is 0 Å². The normalized spacial score (nSPS) is 20.0. The number of nitrogens with one attached hydrogen (secondary N) is 1. The van der Waals surface area contributed by atoms with E-state index in [9.17, 15) is 19.7 Å². The Hall–Kier alpha value is -3.30. The van der Waals surface area contributed by atoms with E-state index in [4.69, 9.17) is 4.52 Å². The number of aryl methyl sites for hydroxylation is 1. The predicted molar refractivity (Wildman–Crippen MR) is 83.2 cm³/mol. The maximum absolute atomic E-state index is 12.8. The van der Waals surface area contributed by atoms with E-state index in [1.807, 2.05) is 6.92 Å². The lowest BCUT2D eigenvalue weighted by Gasteiger charge is -2.21. The Bertz CT molecular complexity index is 846. The quantitative estimate of drug-likeness (QED) is 0.493. The van der Waals surface area contributed by atoms with Crippen molar-refractivity contribution in [2.75, 3.05) is 0 Å². The Balaban J connectivity index is 1.84. The maximum Gasteiger partial charge on any atom is 0.325 e. The monoisotopic (exact) mass is 345 g/mol. The smallest absolute Gasteiger partial charge is 0.325 e. The lowest BCUT2D eigenvalue weighted by atomic mass is 9.92. The first-order valence-electron chi connectivity index (χ1n) is 7.55. The van der Waals surface area contributed by atoms with Gasteiger partial charge in [0.2, 0.25) is 5.89 Å². The molecule has 1 fully saturated rings. The van der Waals surface area contributed by atoms with Crippen LogP contribution in [-0.2, 0) is 23.3 Å². The number of amides is 3. The number of imide groups is 1. The van der Waals surface area contributed by atoms with E-state index in [2.05, 4.69) is 15.5 Å². The van der Waals surface area contributed by atoms with Gasteiger partial charge in [-0.05, 0) is 24.6 Å². The van der Waals surface area contributed by atoms with E-state index in [0.29, 0.717) is 17.8 Å². The first-order valence-corrected chi connectivity index (χ1v) is 7.55. The van der Waals surface area contributed by atoms with E-state index < -0.39 is 22.4 Å². The SMILES string of the molecule is CCc1noc(CN2C(=O)NC(C)(c3ccc([N+](=O)[O-])cc3)C2=O)n1. The minimum absolute atomic E-state index is 0.0982. The van der Waals surface area contributed by atoms with Crippen molar-refractivity contribution in [1.82, 2.24) is 20.4 Å². The third kappa shape index (κ3) is 2.82. The molecule has 3 amide bonds. The molecule has 10 heteroatoms. The molecule has 1 aromatic heterocycles. The van der Waals surface area contributed by atoms with Crippen molar-refractivity contribution < 1.29 is 19.0 Å². The van der Waals surface area contributed by atoms with E-state index in [1.165, 1.54) is 24.3 Å². The zero-order chi connectivity index (χ0) is 18.2. The Morgan fingerprint density at radius 3 is 2.56 bits per heavy atom. The molecule has 1 aromatic carbocycles. The summed E-state index contributed by atoms with van der Waals surface area (Å²) in [6, 6.07) is 4.87. The summed E-state index contributed by atoms with van der Waals surface area (Å²) in [4.78, 5) is 40.3. The number of nitrogens with zero attached hydrogens (tertiary/aromatic N) is 4. The number of aromatic nitrogens is 2. The van der Waals surface area contributed by atoms with Crippen LogP contribution in [0.4, 0.5) is 10.5 Å². The number of nitro benzene ring substituents is 1. The van der Waals surface area contributed by atoms with Crippen molar-refractivity contribution in [3.8, 4) is 0 Å². The molecule has 0 bridgehead atoms. The van der Waals surface area contributed by atoms with Gasteiger partial charge in [-0.3, -0.25) is 19.8 Å². The third-order valence-electron chi connectivity index (χ3n) is 4.05. The lowest BCUT2D eigenvalue weighted by Crippen LogP contribution is -2.40. The third-order valence-corrected chi connectivity index (χ3v) is 4.05. The fourth-order valence-corrected chi connectivity index (χ4v) is 2.59. The highest BCUT2D eigenvalue weighted by molar-refractivity contribution is 6.07. The van der Waals surface area contributed by atoms with Gasteiger partial charge >= 0.3 is 6.03 Å². The van der Waals surface area contributed by atoms with Crippen molar-refractivity contribution >= 4 is 17.6 Å². The van der Waals surface area contributed by atoms with Crippen molar-refractivity contribution in [3.63, 3.8) is 0 Å². The van der Waals surface area contributed by atoms with Gasteiger partial charge in [0, 0.05) is 18.6 Å². The van der Waals surface area contributed by atoms with Gasteiger partial charge in [0.15, 0.2) is 5.82 Å². The Morgan fingerprint density at radius 2 is 2.00 bits per heavy atom. The molecular weight excluding hydrogens is 330 g/mol. The van der Waals surface area contributed by atoms with Crippen molar-refractivity contribution in [2.24, 2.45) is 0 Å². The minimum atomic E-state index is -1.32. The number of benzene rings is 1. The van der Waals surface area contributed by atoms with Crippen LogP contribution in [0, 0.1) is 10.1 Å². The average Bonchev–Trinajstić information content (AvgIpc) is 3.14. The number of non-ortho nitro benzene ring substituents is 1. The van der Waals surface area contributed by atoms with Gasteiger partial charge in [0.05, 0.1) is 4.92 Å². The summed E-state index contributed by atoms with van der Waals surface area (Å²) in [7, 11) is 0. The summed E-state index contributed by atoms with van der Waals surface area (Å²) in [6.45, 7) is 3.26. The molecule has 0 aliphatic carbocycles. The maximum atomic E-state index is 12.8. The van der Waals surface area contributed by atoms with E-state index in [1.54, 1.807) is 6.92 Å². The molecule has 1 unspecified atom stereocenters. The molecule has 1 atom stereocenters. The van der Waals surface area contributed by atoms with Gasteiger partial charge < -0.3 is 9.84 Å². The first kappa shape index (κ1) is 16.6. The standard InChI is InChI=1S/C15H15N5O5/c1-3-11-16-12(25-18-11)8-19-13(21)15(2,17-14(19)22)9-4-6-10(7-5-9)20(23)24/h4-7H,3,8H2,1-2H3,(H,17,22). The molecule has 1 aliphatic heterocycles. The molecule has 2 heterocycles. The van der Waals surface area contributed by atoms with Crippen LogP contribution in [0.5, 0.6) is 0 Å². The van der Waals surface area contributed by atoms with Crippen LogP contribution < -0.4 is 5.32 Å². The second-order valence-electron chi connectivity index (χ2n) is 5.71. The van der Waals surface area contributed by atoms with Crippen LogP contribution >= 0.6 is 0 Å². The summed E-state index contributed by atoms with van der Waals surface area (Å²) in [5, 5.41) is 17.1. The number of hydrogen-bond acceptors (Lipinski definition) is 7. The molecule has 0 radical (unpaired) electrons. The largest absolute Gasteiger partial charge is 0.337 e. The average molecular weight is 345 g/mol. The highest BCUT2D eigenvalue weighted by atomic mass is 16.6. The lowest BCUT2D eigenvalue weighted by molar-refractivity contribution is -0.384. The van der Waals surface area contributed by atoms with Gasteiger partial charge in [-0.1, -0.05) is 12.1 Å². The highest BCUT2D eigenvalue weighted by Gasteiger charge is 2.49. The van der Waals surface area contributed by atoms with Gasteiger partial charge in [0.1, 0.15) is 12.1 Å². The number of urea groups is 1. The second kappa shape index (κ2) is 5.96. The van der Waals surface area contributed by atoms with Gasteiger partial charge in [-0.25, -0.2) is 4.79 Å². The van der Waals surface area contributed by atoms with E-state index in [0.717, 1.165) is 4.90 Å². The van der Waals surface area contributed by atoms with Crippen LogP contribution in [0.15, 0.2) is 28.8 Å². The molecule has 3 rings (SSSR count). The van der Waals surface area contributed by atoms with Crippen molar-refractivity contribution in [3.05, 3.63) is 51.7 Å². The Kier molecular flexibility index (Phi) is 3.95. The molecule has 0 saturated carbocycles. The summed E-state index contributed by atoms with van der Waals surface area (Å²) < 4.78 is 5.02. The van der Waals surface area contributed by atoms with Gasteiger partial charge in [-0.2, -0.15) is 4.98 Å². The minimum Gasteiger partial charge on any atom is -0.337 e. The number of rotatable bonds is 5. The first-order chi connectivity index (χ1) is 11.8. The molecule has 1 N–H and O–H groups in total. The van der Waals surface area contributed by atoms with Crippen molar-refractivity contribution in [1.29, 1.82) is 0 Å². The van der Waals surface area contributed by atoms with Crippen molar-refractivity contribution in [2.45, 2.75) is 32.4 Å². The van der Waals surface area contributed by atoms with E-state index >= 15 is 0 Å². The highest BCUT2D eigenvalue weighted by Crippen LogP contribution is 2.30. The van der Waals surface area contributed by atoms with Crippen LogP contribution in [0.25, 0.3) is 0 Å². The fraction of sp³-hybridized carbons (Fsp3) is 0.333. The fourth-order valence-electron chi connectivity index (χ4n) is 2.59. The molecule has 130 valence electrons. The number of carbonyl (C=O) groups excluding carboxylic acids is 2. The summed E-state index contributed by atoms with van der Waals surface area (Å²) in [6.07, 6.45) is 0.574. The molecule has 25 heavy (non-hydrogen) atoms. The van der Waals surface area contributed by atoms with Crippen LogP contribution in [0.1, 0.15) is 31.1 Å². The van der Waals surface area contributed by atoms with Crippen LogP contribution in [0.3, 0.4) is 0 Å². The molecule has 1 aliphatic rings. The Labute approximate surface area is 142 Å². The number of carbonyl (C=O) groups is 2. The second-order valence-corrected chi connectivity index (χ2v) is 5.71. The molecule has 1 saturated heterocycles. The Morgan fingerprint density at radius 1 is 1.32 bits per heavy atom. The molecule has 10 nitrogen and oxygen atoms in total. The zero-order valence-corrected chi connectivity index (χ0v) is 13.6. The van der Waals surface area contributed by atoms with Gasteiger partial charge in [-0.15, -0.1) is 0 Å². The summed E-state index contributed by atoms with van der Waals surface area (Å²) in [5.41, 5.74) is -0.975. The van der Waals surface area contributed by atoms with Crippen LogP contribution in [-0.4, -0.2) is 31.9 Å². The molecular formula is C15H15N5O5. The predicted octanol–water partition coefficient (Wildman–Crippen LogP) is 1.51. The topological polar surface area (TPSA) is 131 Å². The van der Waals surface area contributed by atoms with E-state index in [-0.39, 0.29) is 18.1 Å².